The summed E-state index contributed by atoms with van der Waals surface area (Å²) in [4.78, 5) is 0. The monoisotopic (exact) mass is 557 g/mol. The van der Waals surface area contributed by atoms with Gasteiger partial charge >= 0.3 is 0 Å². The van der Waals surface area contributed by atoms with Crippen molar-refractivity contribution in [1.29, 1.82) is 0 Å². The van der Waals surface area contributed by atoms with Crippen LogP contribution in [0.25, 0.3) is 10.9 Å². The molecule has 2 bridgehead atoms. The molecular weight excluding hydrogens is 532 g/mol. The molecule has 2 aromatic carbocycles. The quantitative estimate of drug-likeness (QED) is 0.190. The number of halogens is 2. The Morgan fingerprint density at radius 1 is 1.19 bits per heavy atom. The fourth-order valence-corrected chi connectivity index (χ4v) is 7.53. The normalized spacial score (nSPS) is 28.0. The predicted octanol–water partition coefficient (Wildman–Crippen LogP) is 5.64. The molecule has 3 aromatic rings. The fourth-order valence-electron chi connectivity index (χ4n) is 6.14. The molecule has 0 spiro atoms. The van der Waals surface area contributed by atoms with Crippen molar-refractivity contribution in [3.63, 3.8) is 0 Å². The average Bonchev–Trinajstić information content (AvgIpc) is 2.78. The van der Waals surface area contributed by atoms with E-state index < -0.39 is 6.10 Å². The highest BCUT2D eigenvalue weighted by Gasteiger charge is 2.54. The van der Waals surface area contributed by atoms with Gasteiger partial charge in [-0.25, -0.2) is 0 Å². The van der Waals surface area contributed by atoms with Crippen molar-refractivity contribution in [2.75, 3.05) is 13.1 Å². The SMILES string of the molecule is C=CC1C[N+]2(Cc3cc(Br)cc(Br)c3)CCC1CC2C(O)c1cc[n+]([O-])c2ccccc12. The maximum absolute atomic E-state index is 12.3. The highest BCUT2D eigenvalue weighted by Crippen LogP contribution is 2.48. The Morgan fingerprint density at radius 2 is 1.94 bits per heavy atom. The minimum atomic E-state index is -0.634. The molecule has 0 saturated carbocycles. The Bertz CT molecular complexity index is 1160. The van der Waals surface area contributed by atoms with Crippen LogP contribution in [-0.4, -0.2) is 28.7 Å². The molecule has 3 fully saturated rings. The lowest BCUT2D eigenvalue weighted by Gasteiger charge is -2.58. The molecule has 1 N–H and O–H groups in total. The van der Waals surface area contributed by atoms with E-state index in [1.807, 2.05) is 24.3 Å². The maximum Gasteiger partial charge on any atom is 0.224 e. The molecule has 5 unspecified atom stereocenters. The van der Waals surface area contributed by atoms with Gasteiger partial charge in [0.15, 0.2) is 6.20 Å². The van der Waals surface area contributed by atoms with Crippen LogP contribution in [0.4, 0.5) is 0 Å². The van der Waals surface area contributed by atoms with Gasteiger partial charge < -0.3 is 14.8 Å². The number of aliphatic hydroxyl groups is 1. The van der Waals surface area contributed by atoms with Crippen molar-refractivity contribution >= 4 is 42.8 Å². The van der Waals surface area contributed by atoms with Gasteiger partial charge in [0.1, 0.15) is 18.7 Å². The minimum absolute atomic E-state index is 0.0774. The van der Waals surface area contributed by atoms with Crippen LogP contribution in [0.2, 0.25) is 0 Å². The predicted molar refractivity (Wildman–Crippen MR) is 134 cm³/mol. The van der Waals surface area contributed by atoms with E-state index in [0.29, 0.717) is 17.4 Å². The molecule has 0 amide bonds. The molecule has 6 rings (SSSR count). The zero-order chi connectivity index (χ0) is 22.5. The van der Waals surface area contributed by atoms with Gasteiger partial charge in [-0.1, -0.05) is 50.1 Å². The third kappa shape index (κ3) is 3.81. The molecule has 6 heteroatoms. The van der Waals surface area contributed by atoms with E-state index >= 15 is 0 Å². The molecule has 3 aliphatic heterocycles. The second kappa shape index (κ2) is 8.56. The Labute approximate surface area is 205 Å². The van der Waals surface area contributed by atoms with Crippen LogP contribution in [-0.2, 0) is 6.54 Å². The molecule has 3 aliphatic rings. The number of benzene rings is 2. The van der Waals surface area contributed by atoms with E-state index in [1.165, 1.54) is 11.8 Å². The van der Waals surface area contributed by atoms with Crippen LogP contribution in [0, 0.1) is 17.0 Å². The largest absolute Gasteiger partial charge is 0.618 e. The van der Waals surface area contributed by atoms with Crippen LogP contribution < -0.4 is 4.73 Å². The lowest BCUT2D eigenvalue weighted by molar-refractivity contribution is -0.984. The van der Waals surface area contributed by atoms with Gasteiger partial charge in [-0.05, 0) is 30.2 Å². The van der Waals surface area contributed by atoms with Gasteiger partial charge in [0, 0.05) is 51.0 Å². The Morgan fingerprint density at radius 3 is 2.69 bits per heavy atom. The lowest BCUT2D eigenvalue weighted by Crippen LogP contribution is -2.67. The van der Waals surface area contributed by atoms with Crippen molar-refractivity contribution in [2.24, 2.45) is 11.8 Å². The first-order valence-corrected chi connectivity index (χ1v) is 12.7. The molecule has 5 atom stereocenters. The zero-order valence-corrected chi connectivity index (χ0v) is 21.0. The molecule has 166 valence electrons. The number of fused-ring (bicyclic) bond motifs is 4. The molecule has 1 aromatic heterocycles. The summed E-state index contributed by atoms with van der Waals surface area (Å²) < 4.78 is 3.84. The number of aromatic nitrogens is 1. The van der Waals surface area contributed by atoms with Crippen molar-refractivity contribution < 1.29 is 14.3 Å². The zero-order valence-electron chi connectivity index (χ0n) is 17.8. The molecule has 3 saturated heterocycles. The van der Waals surface area contributed by atoms with Crippen molar-refractivity contribution in [3.8, 4) is 0 Å². The lowest BCUT2D eigenvalue weighted by atomic mass is 9.71. The highest BCUT2D eigenvalue weighted by atomic mass is 79.9. The van der Waals surface area contributed by atoms with Gasteiger partial charge in [-0.2, -0.15) is 4.73 Å². The molecule has 4 heterocycles. The number of nitrogens with zero attached hydrogens (tertiary/aromatic N) is 2. The van der Waals surface area contributed by atoms with Crippen LogP contribution in [0.5, 0.6) is 0 Å². The van der Waals surface area contributed by atoms with E-state index in [0.717, 1.165) is 61.6 Å². The van der Waals surface area contributed by atoms with Gasteiger partial charge in [-0.15, -0.1) is 6.58 Å². The second-order valence-corrected chi connectivity index (χ2v) is 11.2. The fraction of sp³-hybridized carbons (Fsp3) is 0.346. The van der Waals surface area contributed by atoms with Crippen LogP contribution in [0.15, 0.2) is 76.3 Å². The van der Waals surface area contributed by atoms with E-state index in [1.54, 1.807) is 6.07 Å². The van der Waals surface area contributed by atoms with Gasteiger partial charge in [0.2, 0.25) is 5.52 Å². The first kappa shape index (κ1) is 22.1. The van der Waals surface area contributed by atoms with Crippen molar-refractivity contribution in [1.82, 2.24) is 0 Å². The van der Waals surface area contributed by atoms with Crippen LogP contribution in [0.3, 0.4) is 0 Å². The smallest absolute Gasteiger partial charge is 0.224 e. The topological polar surface area (TPSA) is 47.2 Å². The van der Waals surface area contributed by atoms with Crippen molar-refractivity contribution in [2.45, 2.75) is 31.5 Å². The Balaban J connectivity index is 1.57. The van der Waals surface area contributed by atoms with Crippen LogP contribution in [0.1, 0.15) is 30.1 Å². The molecule has 32 heavy (non-hydrogen) atoms. The van der Waals surface area contributed by atoms with E-state index in [4.69, 9.17) is 0 Å². The summed E-state index contributed by atoms with van der Waals surface area (Å²) >= 11 is 7.27. The van der Waals surface area contributed by atoms with Gasteiger partial charge in [-0.3, -0.25) is 0 Å². The number of rotatable bonds is 5. The number of pyridine rings is 1. The Hall–Kier alpha value is -1.73. The summed E-state index contributed by atoms with van der Waals surface area (Å²) in [6.07, 6.45) is 5.14. The van der Waals surface area contributed by atoms with Crippen LogP contribution >= 0.6 is 31.9 Å². The van der Waals surface area contributed by atoms with E-state index in [2.05, 4.69) is 62.7 Å². The van der Waals surface area contributed by atoms with Crippen molar-refractivity contribution in [3.05, 3.63) is 92.7 Å². The second-order valence-electron chi connectivity index (χ2n) is 9.37. The summed E-state index contributed by atoms with van der Waals surface area (Å²) in [5.41, 5.74) is 2.71. The summed E-state index contributed by atoms with van der Waals surface area (Å²) in [7, 11) is 0. The number of piperidine rings is 3. The van der Waals surface area contributed by atoms with Gasteiger partial charge in [0.25, 0.3) is 0 Å². The summed E-state index contributed by atoms with van der Waals surface area (Å²) in [5.74, 6) is 1.03. The third-order valence-electron chi connectivity index (χ3n) is 7.62. The van der Waals surface area contributed by atoms with E-state index in [9.17, 15) is 10.3 Å². The van der Waals surface area contributed by atoms with Gasteiger partial charge in [0.05, 0.1) is 18.5 Å². The highest BCUT2D eigenvalue weighted by molar-refractivity contribution is 9.11. The molecular formula is C26H27Br2N2O2+. The third-order valence-corrected chi connectivity index (χ3v) is 8.54. The maximum atomic E-state index is 12.3. The molecule has 4 nitrogen and oxygen atoms in total. The first-order chi connectivity index (χ1) is 15.4. The number of para-hydroxylation sites is 1. The minimum Gasteiger partial charge on any atom is -0.618 e. The first-order valence-electron chi connectivity index (χ1n) is 11.1. The number of hydrogen-bond acceptors (Lipinski definition) is 2. The molecule has 0 radical (unpaired) electrons. The number of aliphatic hydroxyl groups excluding tert-OH is 1. The average molecular weight is 559 g/mol. The summed E-state index contributed by atoms with van der Waals surface area (Å²) in [6, 6.07) is 15.9. The number of hydrogen-bond donors (Lipinski definition) is 1. The van der Waals surface area contributed by atoms with E-state index in [-0.39, 0.29) is 6.04 Å². The summed E-state index contributed by atoms with van der Waals surface area (Å²) in [5, 5.41) is 25.0. The number of quaternary nitrogens is 1. The standard InChI is InChI=1S/C26H27Br2N2O2/c1-2-18-16-30(15-17-11-20(27)14-21(28)12-17)10-8-19(18)13-25(30)26(31)23-7-9-29(32)24-6-4-3-5-22(23)24/h2-7,9,11-12,14,18-19,25-26,31H,1,8,10,13,15-16H2/q+1. The Kier molecular flexibility index (Phi) is 5.91. The summed E-state index contributed by atoms with van der Waals surface area (Å²) in [6.45, 7) is 7.03. The molecule has 0 aliphatic carbocycles.